The summed E-state index contributed by atoms with van der Waals surface area (Å²) in [5.74, 6) is -2.84. The zero-order valence-corrected chi connectivity index (χ0v) is 20.0. The Morgan fingerprint density at radius 3 is 2.53 bits per heavy atom. The molecule has 0 saturated carbocycles. The number of fused-ring (bicyclic) bond motifs is 1. The van der Waals surface area contributed by atoms with Crippen molar-refractivity contribution in [1.82, 2.24) is 19.5 Å². The standard InChI is InChI=1S/C11H17N8O14P3/c12-8-6-9(15-2-14-8)19(3-16-6)10-7(20)11(21,29-4-17-18-13)5(31-10)1-30-35(25,26)33-36(27,28)32-34(22,23)24/h2-3,5,7,10,20-21H,1,4H2,(H,25,26)(H,27,28)(H2,12,14,15)(H2,22,23,24)/t5-,7+,10-,11+/m1/s1. The third kappa shape index (κ3) is 6.42. The number of phosphoric ester groups is 1. The first-order valence-corrected chi connectivity index (χ1v) is 13.5. The minimum Gasteiger partial charge on any atom is -0.383 e. The van der Waals surface area contributed by atoms with Gasteiger partial charge in [0.2, 0.25) is 5.79 Å². The summed E-state index contributed by atoms with van der Waals surface area (Å²) in [7, 11) is -17.1. The van der Waals surface area contributed by atoms with Gasteiger partial charge in [-0.05, 0) is 5.53 Å². The van der Waals surface area contributed by atoms with E-state index in [2.05, 4.69) is 38.1 Å². The maximum absolute atomic E-state index is 12.0. The molecule has 1 saturated heterocycles. The summed E-state index contributed by atoms with van der Waals surface area (Å²) in [6.45, 7) is -2.08. The number of hydrogen-bond acceptors (Lipinski definition) is 15. The fourth-order valence-electron chi connectivity index (χ4n) is 2.97. The maximum atomic E-state index is 12.0. The van der Waals surface area contributed by atoms with Crippen molar-refractivity contribution >= 4 is 40.4 Å². The number of nitrogens with zero attached hydrogens (tertiary/aromatic N) is 7. The Labute approximate surface area is 198 Å². The Hall–Kier alpha value is -2.09. The lowest BCUT2D eigenvalue weighted by atomic mass is 10.1. The molecule has 36 heavy (non-hydrogen) atoms. The fraction of sp³-hybridized carbons (Fsp3) is 0.545. The average Bonchev–Trinajstić information content (AvgIpc) is 3.25. The molecule has 0 spiro atoms. The quantitative estimate of drug-likeness (QED) is 0.0551. The number of aliphatic hydroxyl groups excluding tert-OH is 1. The summed E-state index contributed by atoms with van der Waals surface area (Å²) in [6, 6.07) is 0. The van der Waals surface area contributed by atoms with Gasteiger partial charge in [-0.1, -0.05) is 5.11 Å². The number of nitrogen functional groups attached to an aromatic ring is 1. The molecule has 1 aliphatic heterocycles. The molecule has 0 aromatic carbocycles. The van der Waals surface area contributed by atoms with Crippen LogP contribution in [0.2, 0.25) is 0 Å². The van der Waals surface area contributed by atoms with Crippen LogP contribution in [-0.2, 0) is 36.3 Å². The molecule has 0 amide bonds. The summed E-state index contributed by atoms with van der Waals surface area (Å²) >= 11 is 0. The van der Waals surface area contributed by atoms with Crippen LogP contribution in [0.1, 0.15) is 6.23 Å². The van der Waals surface area contributed by atoms with Gasteiger partial charge in [-0.15, -0.1) is 0 Å². The second-order valence-corrected chi connectivity index (χ2v) is 11.1. The largest absolute Gasteiger partial charge is 0.490 e. The van der Waals surface area contributed by atoms with Crippen LogP contribution >= 0.6 is 23.5 Å². The van der Waals surface area contributed by atoms with Crippen LogP contribution in [0.25, 0.3) is 21.6 Å². The lowest BCUT2D eigenvalue weighted by Gasteiger charge is -2.30. The van der Waals surface area contributed by atoms with E-state index in [9.17, 15) is 33.7 Å². The number of anilines is 1. The summed E-state index contributed by atoms with van der Waals surface area (Å²) in [5.41, 5.74) is 14.3. The zero-order chi connectivity index (χ0) is 26.9. The number of aromatic nitrogens is 4. The summed E-state index contributed by atoms with van der Waals surface area (Å²) in [4.78, 5) is 50.1. The van der Waals surface area contributed by atoms with Gasteiger partial charge in [-0.3, -0.25) is 9.09 Å². The normalized spacial score (nSPS) is 27.9. The number of phosphoric acid groups is 3. The molecule has 22 nitrogen and oxygen atoms in total. The second kappa shape index (κ2) is 10.3. The first-order valence-electron chi connectivity index (χ1n) is 9.00. The number of nitrogens with two attached hydrogens (primary N) is 1. The lowest BCUT2D eigenvalue weighted by molar-refractivity contribution is -0.264. The number of aliphatic hydroxyl groups is 2. The van der Waals surface area contributed by atoms with E-state index in [-0.39, 0.29) is 17.0 Å². The summed E-state index contributed by atoms with van der Waals surface area (Å²) < 4.78 is 57.5. The SMILES string of the molecule is [N-]=[N+]=NCO[C@@]1(O)[C@@H](COP(=O)(O)OP(=O)(O)OP(=O)(O)O)O[C@@H](n2cnc3c(N)ncnc32)[C@@H]1O. The molecule has 2 aromatic heterocycles. The lowest BCUT2D eigenvalue weighted by Crippen LogP contribution is -2.51. The van der Waals surface area contributed by atoms with Crippen molar-refractivity contribution in [2.45, 2.75) is 24.2 Å². The number of azide groups is 1. The molecule has 200 valence electrons. The van der Waals surface area contributed by atoms with Crippen LogP contribution in [0.3, 0.4) is 0 Å². The van der Waals surface area contributed by atoms with E-state index in [4.69, 9.17) is 30.5 Å². The molecule has 0 radical (unpaired) electrons. The van der Waals surface area contributed by atoms with E-state index >= 15 is 0 Å². The highest BCUT2D eigenvalue weighted by Gasteiger charge is 2.58. The highest BCUT2D eigenvalue weighted by Crippen LogP contribution is 2.66. The van der Waals surface area contributed by atoms with Crippen molar-refractivity contribution in [2.24, 2.45) is 5.11 Å². The van der Waals surface area contributed by atoms with Crippen molar-refractivity contribution in [3.8, 4) is 0 Å². The molecule has 0 bridgehead atoms. The number of ether oxygens (including phenoxy) is 2. The summed E-state index contributed by atoms with van der Waals surface area (Å²) in [5, 5.41) is 24.7. The molecular formula is C11H17N8O14P3. The van der Waals surface area contributed by atoms with E-state index in [1.807, 2.05) is 0 Å². The molecule has 2 aromatic rings. The van der Waals surface area contributed by atoms with Crippen LogP contribution in [0.15, 0.2) is 17.8 Å². The van der Waals surface area contributed by atoms with Crippen molar-refractivity contribution in [2.75, 3.05) is 19.1 Å². The highest BCUT2D eigenvalue weighted by molar-refractivity contribution is 7.66. The van der Waals surface area contributed by atoms with Gasteiger partial charge in [0.05, 0.1) is 12.9 Å². The van der Waals surface area contributed by atoms with Gasteiger partial charge in [0.1, 0.15) is 24.7 Å². The molecule has 25 heteroatoms. The van der Waals surface area contributed by atoms with E-state index in [0.717, 1.165) is 17.2 Å². The van der Waals surface area contributed by atoms with Crippen molar-refractivity contribution in [3.63, 3.8) is 0 Å². The van der Waals surface area contributed by atoms with Gasteiger partial charge < -0.3 is 45.0 Å². The number of imidazole rings is 1. The third-order valence-corrected chi connectivity index (χ3v) is 8.14. The zero-order valence-electron chi connectivity index (χ0n) is 17.3. The molecule has 1 fully saturated rings. The monoisotopic (exact) mass is 578 g/mol. The fourth-order valence-corrected chi connectivity index (χ4v) is 5.99. The predicted octanol–water partition coefficient (Wildman–Crippen LogP) is -1.02. The minimum absolute atomic E-state index is 0.0254. The molecule has 2 unspecified atom stereocenters. The molecule has 0 aliphatic carbocycles. The molecule has 6 atom stereocenters. The van der Waals surface area contributed by atoms with Gasteiger partial charge in [0, 0.05) is 4.91 Å². The van der Waals surface area contributed by atoms with E-state index < -0.39 is 61.0 Å². The Morgan fingerprint density at radius 2 is 1.89 bits per heavy atom. The van der Waals surface area contributed by atoms with Gasteiger partial charge in [0.25, 0.3) is 0 Å². The average molecular weight is 578 g/mol. The van der Waals surface area contributed by atoms with Crippen LogP contribution in [0.4, 0.5) is 5.82 Å². The first kappa shape index (κ1) is 28.5. The topological polar surface area (TPSA) is 337 Å². The van der Waals surface area contributed by atoms with Crippen LogP contribution in [-0.4, -0.2) is 80.6 Å². The van der Waals surface area contributed by atoms with Crippen LogP contribution in [0, 0.1) is 0 Å². The predicted molar refractivity (Wildman–Crippen MR) is 110 cm³/mol. The second-order valence-electron chi connectivity index (χ2n) is 6.69. The van der Waals surface area contributed by atoms with Crippen LogP contribution in [0.5, 0.6) is 0 Å². The van der Waals surface area contributed by atoms with E-state index in [1.54, 1.807) is 0 Å². The Bertz CT molecular complexity index is 1310. The van der Waals surface area contributed by atoms with Gasteiger partial charge in [-0.2, -0.15) is 8.62 Å². The third-order valence-electron chi connectivity index (χ3n) is 4.34. The molecule has 3 heterocycles. The smallest absolute Gasteiger partial charge is 0.383 e. The Balaban J connectivity index is 1.85. The Kier molecular flexibility index (Phi) is 8.19. The molecule has 3 rings (SSSR count). The van der Waals surface area contributed by atoms with Crippen molar-refractivity contribution in [1.29, 1.82) is 0 Å². The number of rotatable bonds is 11. The van der Waals surface area contributed by atoms with Gasteiger partial charge in [0.15, 0.2) is 23.8 Å². The van der Waals surface area contributed by atoms with Gasteiger partial charge in [-0.25, -0.2) is 28.6 Å². The van der Waals surface area contributed by atoms with Crippen molar-refractivity contribution < 1.29 is 66.1 Å². The molecule has 8 N–H and O–H groups in total. The maximum Gasteiger partial charge on any atom is 0.490 e. The van der Waals surface area contributed by atoms with Gasteiger partial charge >= 0.3 is 23.5 Å². The first-order chi connectivity index (χ1) is 16.6. The van der Waals surface area contributed by atoms with E-state index in [0.29, 0.717) is 0 Å². The molecule has 1 aliphatic rings. The number of hydrogen-bond donors (Lipinski definition) is 7. The van der Waals surface area contributed by atoms with Crippen molar-refractivity contribution in [3.05, 3.63) is 23.1 Å². The highest BCUT2D eigenvalue weighted by atomic mass is 31.3. The minimum atomic E-state index is -5.83. The van der Waals surface area contributed by atoms with Crippen LogP contribution < -0.4 is 5.73 Å². The Morgan fingerprint density at radius 1 is 1.19 bits per heavy atom. The summed E-state index contributed by atoms with van der Waals surface area (Å²) in [6.07, 6.45) is -3.34. The molecular weight excluding hydrogens is 561 g/mol. The van der Waals surface area contributed by atoms with E-state index in [1.165, 1.54) is 0 Å².